The molecule has 0 aliphatic heterocycles. The Hall–Kier alpha value is -0.790. The van der Waals surface area contributed by atoms with Gasteiger partial charge in [0.05, 0.1) is 0 Å². The molecular formula is C14H28O2. The largest absolute Gasteiger partial charge is 0.481 e. The highest BCUT2D eigenvalue weighted by molar-refractivity contribution is 5.62. The Bertz CT molecular complexity index is 158. The van der Waals surface area contributed by atoms with Crippen LogP contribution >= 0.6 is 0 Å². The quantitative estimate of drug-likeness (QED) is 0.479. The number of hydrogen-bond donors (Lipinski definition) is 1. The van der Waals surface area contributed by atoms with Crippen molar-refractivity contribution < 1.29 is 9.90 Å². The van der Waals surface area contributed by atoms with Crippen LogP contribution in [0.1, 0.15) is 72.1 Å². The summed E-state index contributed by atoms with van der Waals surface area (Å²) >= 11 is 0. The van der Waals surface area contributed by atoms with Gasteiger partial charge in [0.1, 0.15) is 0 Å². The Morgan fingerprint density at radius 3 is 1.94 bits per heavy atom. The summed E-state index contributed by atoms with van der Waals surface area (Å²) in [4.78, 5) is 9.00. The summed E-state index contributed by atoms with van der Waals surface area (Å²) < 4.78 is 0. The lowest BCUT2D eigenvalue weighted by molar-refractivity contribution is -0.134. The number of carbonyl (C=O) groups is 1. The molecule has 0 aromatic carbocycles. The molecular weight excluding hydrogens is 200 g/mol. The number of aliphatic carboxylic acids is 1. The molecule has 0 radical (unpaired) electrons. The van der Waals surface area contributed by atoms with Crippen LogP contribution in [-0.4, -0.2) is 11.1 Å². The molecule has 0 heterocycles. The highest BCUT2D eigenvalue weighted by Crippen LogP contribution is 2.05. The first-order valence-corrected chi connectivity index (χ1v) is 6.49. The monoisotopic (exact) mass is 228 g/mol. The van der Waals surface area contributed by atoms with Gasteiger partial charge in [-0.2, -0.15) is 0 Å². The van der Waals surface area contributed by atoms with Gasteiger partial charge in [-0.15, -0.1) is 0 Å². The maximum absolute atomic E-state index is 9.00. The van der Waals surface area contributed by atoms with Gasteiger partial charge < -0.3 is 5.11 Å². The maximum Gasteiger partial charge on any atom is 0.300 e. The molecule has 0 aliphatic rings. The van der Waals surface area contributed by atoms with Crippen molar-refractivity contribution >= 4 is 5.97 Å². The molecule has 0 atom stereocenters. The second-order valence-electron chi connectivity index (χ2n) is 3.98. The molecule has 0 aromatic heterocycles. The number of hydrogen-bond acceptors (Lipinski definition) is 1. The zero-order chi connectivity index (χ0) is 12.6. The van der Waals surface area contributed by atoms with Crippen molar-refractivity contribution in [1.29, 1.82) is 0 Å². The normalized spacial score (nSPS) is 9.94. The molecule has 0 bridgehead atoms. The van der Waals surface area contributed by atoms with Crippen LogP contribution in [0.3, 0.4) is 0 Å². The lowest BCUT2D eigenvalue weighted by Crippen LogP contribution is -1.78. The molecule has 0 spiro atoms. The maximum atomic E-state index is 9.00. The van der Waals surface area contributed by atoms with E-state index in [4.69, 9.17) is 9.90 Å². The average molecular weight is 228 g/mol. The van der Waals surface area contributed by atoms with Gasteiger partial charge >= 0.3 is 0 Å². The molecule has 0 amide bonds. The van der Waals surface area contributed by atoms with Crippen molar-refractivity contribution in [3.05, 3.63) is 12.2 Å². The highest BCUT2D eigenvalue weighted by Gasteiger charge is 1.85. The Morgan fingerprint density at radius 2 is 1.44 bits per heavy atom. The van der Waals surface area contributed by atoms with Gasteiger partial charge in [-0.1, -0.05) is 58.1 Å². The first kappa shape index (κ1) is 17.6. The summed E-state index contributed by atoms with van der Waals surface area (Å²) in [5.41, 5.74) is 0. The summed E-state index contributed by atoms with van der Waals surface area (Å²) in [5.74, 6) is -0.833. The van der Waals surface area contributed by atoms with Crippen LogP contribution in [0.4, 0.5) is 0 Å². The summed E-state index contributed by atoms with van der Waals surface area (Å²) in [6.07, 6.45) is 15.5. The predicted octanol–water partition coefficient (Wildman–Crippen LogP) is 4.79. The Balaban J connectivity index is 0. The number of carboxylic acid groups (broad SMARTS) is 1. The lowest BCUT2D eigenvalue weighted by Gasteiger charge is -1.95. The number of rotatable bonds is 8. The van der Waals surface area contributed by atoms with Gasteiger partial charge in [0.25, 0.3) is 5.97 Å². The SMILES string of the molecule is CC(=O)O.CCC/C=C\CCCCCCC. The van der Waals surface area contributed by atoms with Gasteiger partial charge in [-0.25, -0.2) is 0 Å². The minimum Gasteiger partial charge on any atom is -0.481 e. The van der Waals surface area contributed by atoms with Crippen molar-refractivity contribution in [1.82, 2.24) is 0 Å². The third-order valence-corrected chi connectivity index (χ3v) is 2.10. The van der Waals surface area contributed by atoms with Crippen LogP contribution in [0.15, 0.2) is 12.2 Å². The third kappa shape index (κ3) is 29.2. The van der Waals surface area contributed by atoms with E-state index in [1.165, 1.54) is 51.4 Å². The molecule has 0 rings (SSSR count). The summed E-state index contributed by atoms with van der Waals surface area (Å²) in [7, 11) is 0. The van der Waals surface area contributed by atoms with Crippen LogP contribution in [0.2, 0.25) is 0 Å². The molecule has 96 valence electrons. The van der Waals surface area contributed by atoms with Crippen molar-refractivity contribution in [2.75, 3.05) is 0 Å². The van der Waals surface area contributed by atoms with Crippen LogP contribution in [0, 0.1) is 0 Å². The van der Waals surface area contributed by atoms with Crippen molar-refractivity contribution in [3.63, 3.8) is 0 Å². The lowest BCUT2D eigenvalue weighted by atomic mass is 10.1. The first-order valence-electron chi connectivity index (χ1n) is 6.49. The Morgan fingerprint density at radius 1 is 0.938 bits per heavy atom. The molecule has 16 heavy (non-hydrogen) atoms. The zero-order valence-corrected chi connectivity index (χ0v) is 11.2. The second-order valence-corrected chi connectivity index (χ2v) is 3.98. The molecule has 0 unspecified atom stereocenters. The smallest absolute Gasteiger partial charge is 0.300 e. The summed E-state index contributed by atoms with van der Waals surface area (Å²) in [6, 6.07) is 0. The van der Waals surface area contributed by atoms with E-state index in [-0.39, 0.29) is 0 Å². The van der Waals surface area contributed by atoms with Gasteiger partial charge in [0.2, 0.25) is 0 Å². The average Bonchev–Trinajstić information content (AvgIpc) is 2.21. The molecule has 0 saturated carbocycles. The van der Waals surface area contributed by atoms with E-state index in [2.05, 4.69) is 26.0 Å². The fourth-order valence-corrected chi connectivity index (χ4v) is 1.27. The van der Waals surface area contributed by atoms with Crippen LogP contribution in [0.25, 0.3) is 0 Å². The zero-order valence-electron chi connectivity index (χ0n) is 11.2. The second kappa shape index (κ2) is 16.6. The van der Waals surface area contributed by atoms with Crippen LogP contribution in [-0.2, 0) is 4.79 Å². The summed E-state index contributed by atoms with van der Waals surface area (Å²) in [5, 5.41) is 7.42. The minimum absolute atomic E-state index is 0.833. The molecule has 0 saturated heterocycles. The number of unbranched alkanes of at least 4 members (excludes halogenated alkanes) is 6. The fraction of sp³-hybridized carbons (Fsp3) is 0.786. The van der Waals surface area contributed by atoms with Crippen molar-refractivity contribution in [2.24, 2.45) is 0 Å². The van der Waals surface area contributed by atoms with E-state index in [0.29, 0.717) is 0 Å². The molecule has 0 aromatic rings. The number of allylic oxidation sites excluding steroid dienone is 2. The van der Waals surface area contributed by atoms with E-state index in [9.17, 15) is 0 Å². The van der Waals surface area contributed by atoms with E-state index < -0.39 is 5.97 Å². The molecule has 0 fully saturated rings. The van der Waals surface area contributed by atoms with Crippen LogP contribution < -0.4 is 0 Å². The summed E-state index contributed by atoms with van der Waals surface area (Å²) in [6.45, 7) is 5.58. The fourth-order valence-electron chi connectivity index (χ4n) is 1.27. The molecule has 2 nitrogen and oxygen atoms in total. The molecule has 1 N–H and O–H groups in total. The van der Waals surface area contributed by atoms with Gasteiger partial charge in [0.15, 0.2) is 0 Å². The standard InChI is InChI=1S/C12H24.C2H4O2/c1-3-5-7-9-11-12-10-8-6-4-2;1-2(3)4/h7,9H,3-6,8,10-12H2,1-2H3;1H3,(H,3,4)/b9-7-;. The van der Waals surface area contributed by atoms with E-state index in [1.807, 2.05) is 0 Å². The number of carboxylic acids is 1. The van der Waals surface area contributed by atoms with Gasteiger partial charge in [-0.05, 0) is 19.3 Å². The van der Waals surface area contributed by atoms with Gasteiger partial charge in [-0.3, -0.25) is 4.79 Å². The van der Waals surface area contributed by atoms with E-state index in [1.54, 1.807) is 0 Å². The molecule has 2 heteroatoms. The van der Waals surface area contributed by atoms with E-state index >= 15 is 0 Å². The van der Waals surface area contributed by atoms with Crippen molar-refractivity contribution in [3.8, 4) is 0 Å². The van der Waals surface area contributed by atoms with Gasteiger partial charge in [0, 0.05) is 6.92 Å². The molecule has 0 aliphatic carbocycles. The first-order chi connectivity index (χ1) is 7.65. The van der Waals surface area contributed by atoms with Crippen molar-refractivity contribution in [2.45, 2.75) is 72.1 Å². The predicted molar refractivity (Wildman–Crippen MR) is 70.7 cm³/mol. The highest BCUT2D eigenvalue weighted by atomic mass is 16.4. The topological polar surface area (TPSA) is 37.3 Å². The van der Waals surface area contributed by atoms with Crippen LogP contribution in [0.5, 0.6) is 0 Å². The minimum atomic E-state index is -0.833. The Kier molecular flexibility index (Phi) is 18.3. The Labute approximate surface area is 101 Å². The van der Waals surface area contributed by atoms with E-state index in [0.717, 1.165) is 6.92 Å². The third-order valence-electron chi connectivity index (χ3n) is 2.10.